The fraction of sp³-hybridized carbons (Fsp3) is 0. The minimum atomic E-state index is -0.697. The summed E-state index contributed by atoms with van der Waals surface area (Å²) in [6, 6.07) is 7.41. The second-order valence-electron chi connectivity index (χ2n) is 3.17. The summed E-state index contributed by atoms with van der Waals surface area (Å²) in [5.74, 6) is -1.89. The molecule has 0 fully saturated rings. The van der Waals surface area contributed by atoms with Crippen LogP contribution in [-0.2, 0) is 0 Å². The standard InChI is InChI=1S/C12H5ClF3/c13-11-6-8(15)1-3-9(11)10-5-7(14)2-4-12(10)16/h1,3-6H. The molecule has 1 radical (unpaired) electrons. The first-order valence-corrected chi connectivity index (χ1v) is 4.78. The Balaban J connectivity index is 2.62. The minimum absolute atomic E-state index is 0.0127. The minimum Gasteiger partial charge on any atom is -0.207 e. The van der Waals surface area contributed by atoms with Crippen molar-refractivity contribution in [3.8, 4) is 11.1 Å². The zero-order valence-corrected chi connectivity index (χ0v) is 8.65. The van der Waals surface area contributed by atoms with E-state index in [1.807, 2.05) is 0 Å². The first kappa shape index (κ1) is 11.0. The van der Waals surface area contributed by atoms with Gasteiger partial charge in [0.15, 0.2) is 0 Å². The van der Waals surface area contributed by atoms with Crippen LogP contribution < -0.4 is 0 Å². The molecule has 0 spiro atoms. The molecule has 0 N–H and O–H groups in total. The van der Waals surface area contributed by atoms with Gasteiger partial charge in [-0.2, -0.15) is 0 Å². The van der Waals surface area contributed by atoms with Crippen LogP contribution in [0.3, 0.4) is 0 Å². The lowest BCUT2D eigenvalue weighted by Crippen LogP contribution is -1.88. The van der Waals surface area contributed by atoms with Crippen LogP contribution in [0.25, 0.3) is 11.1 Å². The molecule has 0 saturated carbocycles. The molecule has 0 bridgehead atoms. The molecule has 0 heterocycles. The van der Waals surface area contributed by atoms with Gasteiger partial charge in [-0.1, -0.05) is 11.6 Å². The van der Waals surface area contributed by atoms with E-state index in [1.165, 1.54) is 6.07 Å². The Labute approximate surface area is 95.3 Å². The van der Waals surface area contributed by atoms with Gasteiger partial charge in [-0.15, -0.1) is 0 Å². The van der Waals surface area contributed by atoms with Crippen molar-refractivity contribution in [1.82, 2.24) is 0 Å². The predicted molar refractivity (Wildman–Crippen MR) is 55.6 cm³/mol. The topological polar surface area (TPSA) is 0 Å². The van der Waals surface area contributed by atoms with Crippen molar-refractivity contribution in [1.29, 1.82) is 0 Å². The van der Waals surface area contributed by atoms with Crippen molar-refractivity contribution in [2.75, 3.05) is 0 Å². The Hall–Kier alpha value is -1.48. The Kier molecular flexibility index (Phi) is 2.88. The van der Waals surface area contributed by atoms with E-state index < -0.39 is 17.5 Å². The smallest absolute Gasteiger partial charge is 0.131 e. The van der Waals surface area contributed by atoms with Gasteiger partial charge in [0.25, 0.3) is 0 Å². The van der Waals surface area contributed by atoms with E-state index in [4.69, 9.17) is 11.6 Å². The molecule has 0 atom stereocenters. The summed E-state index contributed by atoms with van der Waals surface area (Å²) >= 11 is 5.75. The van der Waals surface area contributed by atoms with Crippen molar-refractivity contribution >= 4 is 11.6 Å². The lowest BCUT2D eigenvalue weighted by Gasteiger charge is -2.05. The summed E-state index contributed by atoms with van der Waals surface area (Å²) in [6.07, 6.45) is 0. The molecule has 81 valence electrons. The summed E-state index contributed by atoms with van der Waals surface area (Å²) in [7, 11) is 0. The summed E-state index contributed by atoms with van der Waals surface area (Å²) < 4.78 is 39.1. The lowest BCUT2D eigenvalue weighted by atomic mass is 10.0. The number of benzene rings is 2. The molecule has 2 rings (SSSR count). The van der Waals surface area contributed by atoms with E-state index in [0.29, 0.717) is 0 Å². The maximum Gasteiger partial charge on any atom is 0.131 e. The normalized spacial score (nSPS) is 10.5. The fourth-order valence-corrected chi connectivity index (χ4v) is 1.63. The highest BCUT2D eigenvalue weighted by molar-refractivity contribution is 6.33. The molecular formula is C12H5ClF3. The monoisotopic (exact) mass is 241 g/mol. The number of halogens is 4. The molecule has 2 aromatic rings. The second-order valence-corrected chi connectivity index (χ2v) is 3.57. The summed E-state index contributed by atoms with van der Waals surface area (Å²) in [5, 5.41) is 0.0319. The molecule has 4 heteroatoms. The summed E-state index contributed by atoms with van der Waals surface area (Å²) in [6.45, 7) is 0. The number of hydrogen-bond donors (Lipinski definition) is 0. The van der Waals surface area contributed by atoms with Crippen LogP contribution >= 0.6 is 11.6 Å². The maximum absolute atomic E-state index is 13.4. The van der Waals surface area contributed by atoms with E-state index in [2.05, 4.69) is 6.07 Å². The molecule has 16 heavy (non-hydrogen) atoms. The summed E-state index contributed by atoms with van der Waals surface area (Å²) in [4.78, 5) is 0. The van der Waals surface area contributed by atoms with Gasteiger partial charge >= 0.3 is 0 Å². The highest BCUT2D eigenvalue weighted by atomic mass is 35.5. The van der Waals surface area contributed by atoms with Gasteiger partial charge in [-0.05, 0) is 30.3 Å². The third-order valence-corrected chi connectivity index (χ3v) is 2.40. The fourth-order valence-electron chi connectivity index (χ4n) is 1.36. The Morgan fingerprint density at radius 2 is 1.75 bits per heavy atom. The van der Waals surface area contributed by atoms with E-state index in [9.17, 15) is 13.2 Å². The second kappa shape index (κ2) is 4.18. The Morgan fingerprint density at radius 3 is 2.44 bits per heavy atom. The molecule has 0 saturated heterocycles. The van der Waals surface area contributed by atoms with E-state index >= 15 is 0 Å². The quantitative estimate of drug-likeness (QED) is 0.701. The van der Waals surface area contributed by atoms with Gasteiger partial charge < -0.3 is 0 Å². The van der Waals surface area contributed by atoms with Gasteiger partial charge in [0, 0.05) is 17.2 Å². The molecule has 2 aromatic carbocycles. The maximum atomic E-state index is 13.4. The molecule has 0 nitrogen and oxygen atoms in total. The molecular weight excluding hydrogens is 237 g/mol. The van der Waals surface area contributed by atoms with Crippen LogP contribution in [0.5, 0.6) is 0 Å². The molecule has 0 aliphatic heterocycles. The third-order valence-electron chi connectivity index (χ3n) is 2.09. The highest BCUT2D eigenvalue weighted by Gasteiger charge is 2.10. The van der Waals surface area contributed by atoms with Crippen molar-refractivity contribution in [2.24, 2.45) is 0 Å². The van der Waals surface area contributed by atoms with Gasteiger partial charge in [0.1, 0.15) is 17.5 Å². The molecule has 0 amide bonds. The zero-order valence-electron chi connectivity index (χ0n) is 7.90. The molecule has 0 aliphatic rings. The van der Waals surface area contributed by atoms with Gasteiger partial charge in [0.2, 0.25) is 0 Å². The van der Waals surface area contributed by atoms with Crippen LogP contribution in [0.4, 0.5) is 13.2 Å². The zero-order chi connectivity index (χ0) is 11.7. The van der Waals surface area contributed by atoms with Crippen molar-refractivity contribution < 1.29 is 13.2 Å². The SMILES string of the molecule is Fc1[c]cc(F)c(-c2ccc(F)cc2Cl)c1. The van der Waals surface area contributed by atoms with Gasteiger partial charge in [-0.3, -0.25) is 0 Å². The number of hydrogen-bond acceptors (Lipinski definition) is 0. The van der Waals surface area contributed by atoms with Gasteiger partial charge in [-0.25, -0.2) is 13.2 Å². The van der Waals surface area contributed by atoms with E-state index in [-0.39, 0.29) is 16.1 Å². The highest BCUT2D eigenvalue weighted by Crippen LogP contribution is 2.30. The lowest BCUT2D eigenvalue weighted by molar-refractivity contribution is 0.601. The Bertz CT molecular complexity index is 538. The molecule has 0 aliphatic carbocycles. The van der Waals surface area contributed by atoms with Crippen LogP contribution in [0.15, 0.2) is 30.3 Å². The van der Waals surface area contributed by atoms with E-state index in [0.717, 1.165) is 24.3 Å². The largest absolute Gasteiger partial charge is 0.207 e. The molecule has 0 unspecified atom stereocenters. The van der Waals surface area contributed by atoms with Crippen molar-refractivity contribution in [3.05, 3.63) is 58.9 Å². The van der Waals surface area contributed by atoms with Crippen LogP contribution in [-0.4, -0.2) is 0 Å². The first-order chi connectivity index (χ1) is 7.58. The van der Waals surface area contributed by atoms with Gasteiger partial charge in [0.05, 0.1) is 5.02 Å². The van der Waals surface area contributed by atoms with Crippen LogP contribution in [0, 0.1) is 23.5 Å². The summed E-state index contributed by atoms with van der Waals surface area (Å²) in [5.41, 5.74) is 0.231. The molecule has 0 aromatic heterocycles. The first-order valence-electron chi connectivity index (χ1n) is 4.40. The van der Waals surface area contributed by atoms with Crippen molar-refractivity contribution in [2.45, 2.75) is 0 Å². The van der Waals surface area contributed by atoms with E-state index in [1.54, 1.807) is 0 Å². The van der Waals surface area contributed by atoms with Crippen LogP contribution in [0.2, 0.25) is 5.02 Å². The van der Waals surface area contributed by atoms with Crippen LogP contribution in [0.1, 0.15) is 0 Å². The predicted octanol–water partition coefficient (Wildman–Crippen LogP) is 4.22. The number of rotatable bonds is 1. The average molecular weight is 242 g/mol. The average Bonchev–Trinajstić information content (AvgIpc) is 2.22. The third kappa shape index (κ3) is 2.04. The van der Waals surface area contributed by atoms with Crippen molar-refractivity contribution in [3.63, 3.8) is 0 Å². The Morgan fingerprint density at radius 1 is 1.00 bits per heavy atom.